The molecule has 0 amide bonds. The lowest BCUT2D eigenvalue weighted by molar-refractivity contribution is 0.527. The van der Waals surface area contributed by atoms with Crippen LogP contribution in [0.5, 0.6) is 0 Å². The first-order chi connectivity index (χ1) is 14.2. The van der Waals surface area contributed by atoms with E-state index in [0.717, 1.165) is 5.56 Å². The fourth-order valence-corrected chi connectivity index (χ4v) is 4.27. The Hall–Kier alpha value is -3.30. The van der Waals surface area contributed by atoms with E-state index < -0.39 is 15.8 Å². The highest BCUT2D eigenvalue weighted by Gasteiger charge is 2.17. The van der Waals surface area contributed by atoms with Crippen molar-refractivity contribution in [2.75, 3.05) is 4.72 Å². The van der Waals surface area contributed by atoms with Crippen LogP contribution in [0.4, 0.5) is 5.69 Å². The number of nitrogens with one attached hydrogen (secondary N) is 1. The topological polar surface area (TPSA) is 103 Å². The summed E-state index contributed by atoms with van der Waals surface area (Å²) in [6.45, 7) is 0.190. The highest BCUT2D eigenvalue weighted by molar-refractivity contribution is 7.92. The van der Waals surface area contributed by atoms with E-state index in [1.807, 2.05) is 0 Å². The number of halogens is 1. The van der Waals surface area contributed by atoms with E-state index in [0.29, 0.717) is 10.5 Å². The Kier molecular flexibility index (Phi) is 5.00. The number of anilines is 1. The van der Waals surface area contributed by atoms with Crippen LogP contribution in [0.15, 0.2) is 79.7 Å². The molecule has 10 heteroatoms. The molecular formula is C20H16ClN3O5S. The molecule has 154 valence electrons. The van der Waals surface area contributed by atoms with Gasteiger partial charge in [0.2, 0.25) is 0 Å². The number of aryl methyl sites for hydroxylation is 1. The molecule has 2 aromatic heterocycles. The molecule has 4 rings (SSSR count). The maximum absolute atomic E-state index is 12.8. The molecule has 8 nitrogen and oxygen atoms in total. The predicted octanol–water partition coefficient (Wildman–Crippen LogP) is 2.80. The van der Waals surface area contributed by atoms with Gasteiger partial charge in [-0.25, -0.2) is 13.2 Å². The Morgan fingerprint density at radius 3 is 2.60 bits per heavy atom. The molecule has 1 N–H and O–H groups in total. The lowest BCUT2D eigenvalue weighted by Crippen LogP contribution is -2.21. The third kappa shape index (κ3) is 3.77. The van der Waals surface area contributed by atoms with E-state index in [9.17, 15) is 18.0 Å². The largest absolute Gasteiger partial charge is 0.419 e. The fraction of sp³-hybridized carbons (Fsp3) is 0.100. The zero-order valence-corrected chi connectivity index (χ0v) is 17.3. The van der Waals surface area contributed by atoms with Gasteiger partial charge < -0.3 is 8.98 Å². The number of rotatable bonds is 5. The molecule has 0 unspecified atom stereocenters. The van der Waals surface area contributed by atoms with Crippen molar-refractivity contribution in [1.29, 1.82) is 0 Å². The predicted molar refractivity (Wildman–Crippen MR) is 114 cm³/mol. The van der Waals surface area contributed by atoms with E-state index in [2.05, 4.69) is 4.72 Å². The Labute approximate surface area is 176 Å². The second kappa shape index (κ2) is 7.51. The zero-order chi connectivity index (χ0) is 21.5. The van der Waals surface area contributed by atoms with Crippen LogP contribution in [0, 0.1) is 0 Å². The summed E-state index contributed by atoms with van der Waals surface area (Å²) in [4.78, 5) is 23.7. The third-order valence-corrected chi connectivity index (χ3v) is 6.36. The van der Waals surface area contributed by atoms with Gasteiger partial charge in [0.15, 0.2) is 5.58 Å². The smallest absolute Gasteiger partial charge is 0.408 e. The van der Waals surface area contributed by atoms with Crippen molar-refractivity contribution in [1.82, 2.24) is 9.13 Å². The van der Waals surface area contributed by atoms with Crippen LogP contribution in [-0.2, 0) is 23.6 Å². The van der Waals surface area contributed by atoms with Crippen LogP contribution >= 0.6 is 11.6 Å². The normalized spacial score (nSPS) is 11.7. The molecule has 0 aliphatic rings. The Morgan fingerprint density at radius 2 is 1.83 bits per heavy atom. The standard InChI is InChI=1S/C20H16ClN3O5S/c1-23-17-8-7-15(10-18(17)29-20(23)26)30(27,28)22-14-6-9-19(25)24(12-14)11-13-4-2-3-5-16(13)21/h2-10,12,22H,11H2,1H3. The van der Waals surface area contributed by atoms with Crippen LogP contribution in [0.2, 0.25) is 5.02 Å². The van der Waals surface area contributed by atoms with E-state index >= 15 is 0 Å². The number of pyridine rings is 1. The first-order valence-electron chi connectivity index (χ1n) is 8.81. The van der Waals surface area contributed by atoms with Crippen LogP contribution < -0.4 is 16.0 Å². The van der Waals surface area contributed by atoms with Gasteiger partial charge in [0.05, 0.1) is 22.6 Å². The molecule has 0 atom stereocenters. The lowest BCUT2D eigenvalue weighted by atomic mass is 10.2. The SMILES string of the molecule is Cn1c(=O)oc2cc(S(=O)(=O)Nc3ccc(=O)n(Cc4ccccc4Cl)c3)ccc21. The third-order valence-electron chi connectivity index (χ3n) is 4.61. The molecule has 0 fully saturated rings. The first kappa shape index (κ1) is 20.0. The van der Waals surface area contributed by atoms with E-state index in [4.69, 9.17) is 16.0 Å². The van der Waals surface area contributed by atoms with Gasteiger partial charge in [-0.2, -0.15) is 0 Å². The molecule has 4 aromatic rings. The van der Waals surface area contributed by atoms with Crippen molar-refractivity contribution < 1.29 is 12.8 Å². The first-order valence-corrected chi connectivity index (χ1v) is 10.7. The summed E-state index contributed by atoms with van der Waals surface area (Å²) >= 11 is 6.15. The number of oxazole rings is 1. The van der Waals surface area contributed by atoms with Crippen LogP contribution in [0.25, 0.3) is 11.1 Å². The fourth-order valence-electron chi connectivity index (χ4n) is 3.02. The van der Waals surface area contributed by atoms with Gasteiger partial charge in [0.25, 0.3) is 15.6 Å². The average molecular weight is 446 g/mol. The molecule has 2 heterocycles. The van der Waals surface area contributed by atoms with Gasteiger partial charge in [0, 0.05) is 30.4 Å². The van der Waals surface area contributed by atoms with Gasteiger partial charge in [-0.15, -0.1) is 0 Å². The minimum Gasteiger partial charge on any atom is -0.408 e. The van der Waals surface area contributed by atoms with Crippen molar-refractivity contribution in [3.63, 3.8) is 0 Å². The van der Waals surface area contributed by atoms with E-state index in [1.165, 1.54) is 52.7 Å². The maximum Gasteiger partial charge on any atom is 0.419 e. The minimum atomic E-state index is -3.98. The molecule has 0 spiro atoms. The molecule has 0 aliphatic heterocycles. The van der Waals surface area contributed by atoms with Crippen molar-refractivity contribution in [2.45, 2.75) is 11.4 Å². The Balaban J connectivity index is 1.66. The van der Waals surface area contributed by atoms with Gasteiger partial charge in [-0.3, -0.25) is 14.1 Å². The molecule has 2 aromatic carbocycles. The molecule has 30 heavy (non-hydrogen) atoms. The van der Waals surface area contributed by atoms with Crippen LogP contribution in [0.3, 0.4) is 0 Å². The number of hydrogen-bond donors (Lipinski definition) is 1. The second-order valence-corrected chi connectivity index (χ2v) is 8.73. The minimum absolute atomic E-state index is 0.0757. The van der Waals surface area contributed by atoms with Crippen LogP contribution in [0.1, 0.15) is 5.56 Å². The zero-order valence-electron chi connectivity index (χ0n) is 15.7. The summed E-state index contributed by atoms with van der Waals surface area (Å²) in [5.74, 6) is -0.584. The summed E-state index contributed by atoms with van der Waals surface area (Å²) in [5.41, 5.74) is 1.27. The average Bonchev–Trinajstić information content (AvgIpc) is 2.99. The number of hydrogen-bond acceptors (Lipinski definition) is 5. The van der Waals surface area contributed by atoms with Gasteiger partial charge >= 0.3 is 5.76 Å². The molecule has 0 saturated carbocycles. The van der Waals surface area contributed by atoms with Gasteiger partial charge in [0.1, 0.15) is 0 Å². The van der Waals surface area contributed by atoms with E-state index in [1.54, 1.807) is 24.3 Å². The monoisotopic (exact) mass is 445 g/mol. The summed E-state index contributed by atoms with van der Waals surface area (Å²) in [5, 5.41) is 0.507. The Bertz CT molecular complexity index is 1480. The van der Waals surface area contributed by atoms with Gasteiger partial charge in [-0.05, 0) is 29.8 Å². The second-order valence-electron chi connectivity index (χ2n) is 6.64. The van der Waals surface area contributed by atoms with Crippen LogP contribution in [-0.4, -0.2) is 17.6 Å². The Morgan fingerprint density at radius 1 is 1.07 bits per heavy atom. The molecular weight excluding hydrogens is 430 g/mol. The molecule has 0 aliphatic carbocycles. The van der Waals surface area contributed by atoms with Crippen molar-refractivity contribution in [2.24, 2.45) is 7.05 Å². The summed E-state index contributed by atoms with van der Waals surface area (Å²) in [6.07, 6.45) is 1.41. The highest BCUT2D eigenvalue weighted by Crippen LogP contribution is 2.21. The summed E-state index contributed by atoms with van der Waals surface area (Å²) in [7, 11) is -2.45. The molecule has 0 radical (unpaired) electrons. The number of fused-ring (bicyclic) bond motifs is 1. The number of nitrogens with zero attached hydrogens (tertiary/aromatic N) is 2. The number of sulfonamides is 1. The van der Waals surface area contributed by atoms with Crippen molar-refractivity contribution in [3.8, 4) is 0 Å². The van der Waals surface area contributed by atoms with Crippen molar-refractivity contribution >= 4 is 38.4 Å². The highest BCUT2D eigenvalue weighted by atomic mass is 35.5. The number of aromatic nitrogens is 2. The molecule has 0 bridgehead atoms. The molecule has 0 saturated heterocycles. The summed E-state index contributed by atoms with van der Waals surface area (Å²) < 4.78 is 35.7. The maximum atomic E-state index is 12.8. The van der Waals surface area contributed by atoms with Gasteiger partial charge in [-0.1, -0.05) is 29.8 Å². The summed E-state index contributed by atoms with van der Waals surface area (Å²) in [6, 6.07) is 13.9. The van der Waals surface area contributed by atoms with Crippen molar-refractivity contribution in [3.05, 3.63) is 92.3 Å². The number of benzene rings is 2. The van der Waals surface area contributed by atoms with E-state index in [-0.39, 0.29) is 28.3 Å². The quantitative estimate of drug-likeness (QED) is 0.508. The lowest BCUT2D eigenvalue weighted by Gasteiger charge is -2.12.